The van der Waals surface area contributed by atoms with Crippen molar-refractivity contribution in [1.29, 1.82) is 0 Å². The molecular weight excluding hydrogens is 216 g/mol. The zero-order chi connectivity index (χ0) is 12.5. The van der Waals surface area contributed by atoms with Crippen molar-refractivity contribution in [3.63, 3.8) is 0 Å². The molecule has 1 saturated heterocycles. The lowest BCUT2D eigenvalue weighted by atomic mass is 9.87. The van der Waals surface area contributed by atoms with Crippen LogP contribution in [0, 0.1) is 0 Å². The van der Waals surface area contributed by atoms with Gasteiger partial charge in [-0.15, -0.1) is 0 Å². The number of piperidine rings is 1. The number of aromatic nitrogens is 3. The molecule has 5 heteroatoms. The van der Waals surface area contributed by atoms with E-state index in [-0.39, 0.29) is 0 Å². The fraction of sp³-hybridized carbons (Fsp3) is 0.833. The van der Waals surface area contributed by atoms with Crippen LogP contribution >= 0.6 is 0 Å². The molecule has 0 spiro atoms. The summed E-state index contributed by atoms with van der Waals surface area (Å²) < 4.78 is 1.74. The first kappa shape index (κ1) is 12.5. The summed E-state index contributed by atoms with van der Waals surface area (Å²) in [5.74, 6) is 0.866. The van der Waals surface area contributed by atoms with Gasteiger partial charge in [-0.2, -0.15) is 5.10 Å². The topological polar surface area (TPSA) is 54.2 Å². The first-order valence-electron chi connectivity index (χ1n) is 6.29. The maximum absolute atomic E-state index is 10.6. The van der Waals surface area contributed by atoms with Crippen LogP contribution in [0.4, 0.5) is 0 Å². The lowest BCUT2D eigenvalue weighted by Crippen LogP contribution is -2.48. The van der Waals surface area contributed by atoms with Crippen molar-refractivity contribution < 1.29 is 5.11 Å². The third-order valence-electron chi connectivity index (χ3n) is 3.75. The molecule has 17 heavy (non-hydrogen) atoms. The Kier molecular flexibility index (Phi) is 3.49. The molecule has 1 N–H and O–H groups in total. The molecule has 0 bridgehead atoms. The summed E-state index contributed by atoms with van der Waals surface area (Å²) in [5, 5.41) is 14.6. The summed E-state index contributed by atoms with van der Waals surface area (Å²) >= 11 is 0. The van der Waals surface area contributed by atoms with E-state index in [0.717, 1.165) is 31.8 Å². The number of hydrogen-bond acceptors (Lipinski definition) is 4. The lowest BCUT2D eigenvalue weighted by molar-refractivity contribution is -0.0289. The highest BCUT2D eigenvalue weighted by Crippen LogP contribution is 2.26. The summed E-state index contributed by atoms with van der Waals surface area (Å²) in [6, 6.07) is 0.564. The van der Waals surface area contributed by atoms with Gasteiger partial charge in [0.15, 0.2) is 0 Å². The number of rotatable bonds is 3. The first-order chi connectivity index (χ1) is 8.00. The van der Waals surface area contributed by atoms with Crippen molar-refractivity contribution >= 4 is 0 Å². The van der Waals surface area contributed by atoms with Gasteiger partial charge in [0.25, 0.3) is 0 Å². The van der Waals surface area contributed by atoms with Gasteiger partial charge in [-0.05, 0) is 26.7 Å². The fourth-order valence-corrected chi connectivity index (χ4v) is 2.41. The number of aliphatic hydroxyl groups is 1. The smallest absolute Gasteiger partial charge is 0.138 e. The van der Waals surface area contributed by atoms with E-state index in [2.05, 4.69) is 28.8 Å². The molecule has 0 aromatic carbocycles. The predicted molar refractivity (Wildman–Crippen MR) is 65.6 cm³/mol. The largest absolute Gasteiger partial charge is 0.389 e. The summed E-state index contributed by atoms with van der Waals surface area (Å²) in [4.78, 5) is 6.60. The molecule has 1 aromatic heterocycles. The van der Waals surface area contributed by atoms with Gasteiger partial charge < -0.3 is 10.0 Å². The second kappa shape index (κ2) is 4.74. The number of likely N-dealkylation sites (tertiary alicyclic amines) is 1. The Morgan fingerprint density at radius 1 is 1.41 bits per heavy atom. The van der Waals surface area contributed by atoms with Gasteiger partial charge in [0.1, 0.15) is 12.2 Å². The molecule has 2 heterocycles. The molecule has 5 nitrogen and oxygen atoms in total. The van der Waals surface area contributed by atoms with Crippen LogP contribution < -0.4 is 0 Å². The Balaban J connectivity index is 1.96. The fourth-order valence-electron chi connectivity index (χ4n) is 2.41. The molecule has 0 amide bonds. The standard InChI is InChI=1S/C12H22N4O/c1-10(2)16-6-4-12(17,5-7-16)8-11-13-9-14-15(11)3/h9-10,17H,4-8H2,1-3H3. The van der Waals surface area contributed by atoms with Gasteiger partial charge in [-0.25, -0.2) is 4.98 Å². The van der Waals surface area contributed by atoms with Crippen LogP contribution in [0.2, 0.25) is 0 Å². The van der Waals surface area contributed by atoms with Crippen LogP contribution in [-0.2, 0) is 13.5 Å². The van der Waals surface area contributed by atoms with Gasteiger partial charge in [-0.1, -0.05) is 0 Å². The first-order valence-corrected chi connectivity index (χ1v) is 6.29. The predicted octanol–water partition coefficient (Wildman–Crippen LogP) is 0.593. The second-order valence-corrected chi connectivity index (χ2v) is 5.33. The van der Waals surface area contributed by atoms with E-state index in [1.54, 1.807) is 11.0 Å². The molecule has 1 aliphatic rings. The van der Waals surface area contributed by atoms with E-state index in [1.165, 1.54) is 0 Å². The minimum atomic E-state index is -0.605. The Morgan fingerprint density at radius 2 is 2.06 bits per heavy atom. The van der Waals surface area contributed by atoms with Crippen molar-refractivity contribution in [1.82, 2.24) is 19.7 Å². The molecule has 0 radical (unpaired) electrons. The highest BCUT2D eigenvalue weighted by molar-refractivity contribution is 4.97. The Labute approximate surface area is 102 Å². The quantitative estimate of drug-likeness (QED) is 0.837. The highest BCUT2D eigenvalue weighted by atomic mass is 16.3. The summed E-state index contributed by atoms with van der Waals surface area (Å²) in [7, 11) is 1.87. The molecule has 2 rings (SSSR count). The summed E-state index contributed by atoms with van der Waals surface area (Å²) in [5.41, 5.74) is -0.605. The van der Waals surface area contributed by atoms with E-state index >= 15 is 0 Å². The monoisotopic (exact) mass is 238 g/mol. The minimum absolute atomic E-state index is 0.564. The van der Waals surface area contributed by atoms with Gasteiger partial charge in [0.2, 0.25) is 0 Å². The van der Waals surface area contributed by atoms with E-state index < -0.39 is 5.60 Å². The van der Waals surface area contributed by atoms with E-state index in [4.69, 9.17) is 0 Å². The van der Waals surface area contributed by atoms with Gasteiger partial charge in [0.05, 0.1) is 5.60 Å². The van der Waals surface area contributed by atoms with Crippen molar-refractivity contribution in [3.8, 4) is 0 Å². The molecular formula is C12H22N4O. The number of hydrogen-bond donors (Lipinski definition) is 1. The average molecular weight is 238 g/mol. The molecule has 96 valence electrons. The molecule has 0 aliphatic carbocycles. The molecule has 0 saturated carbocycles. The second-order valence-electron chi connectivity index (χ2n) is 5.33. The summed E-state index contributed by atoms with van der Waals surface area (Å²) in [6.45, 7) is 6.33. The SMILES string of the molecule is CC(C)N1CCC(O)(Cc2ncnn2C)CC1. The Bertz CT molecular complexity index is 366. The average Bonchev–Trinajstić information content (AvgIpc) is 2.64. The van der Waals surface area contributed by atoms with Crippen LogP contribution in [0.25, 0.3) is 0 Å². The number of aryl methyl sites for hydroxylation is 1. The Hall–Kier alpha value is -0.940. The van der Waals surface area contributed by atoms with Crippen LogP contribution in [0.1, 0.15) is 32.5 Å². The molecule has 1 fully saturated rings. The van der Waals surface area contributed by atoms with Crippen molar-refractivity contribution in [3.05, 3.63) is 12.2 Å². The molecule has 1 aliphatic heterocycles. The zero-order valence-electron chi connectivity index (χ0n) is 10.9. The maximum Gasteiger partial charge on any atom is 0.138 e. The molecule has 0 atom stereocenters. The van der Waals surface area contributed by atoms with Gasteiger partial charge in [-0.3, -0.25) is 4.68 Å². The Morgan fingerprint density at radius 3 is 2.53 bits per heavy atom. The van der Waals surface area contributed by atoms with E-state index in [0.29, 0.717) is 12.5 Å². The maximum atomic E-state index is 10.6. The van der Waals surface area contributed by atoms with Crippen LogP contribution in [0.15, 0.2) is 6.33 Å². The summed E-state index contributed by atoms with van der Waals surface area (Å²) in [6.07, 6.45) is 3.79. The third kappa shape index (κ3) is 2.84. The highest BCUT2D eigenvalue weighted by Gasteiger charge is 2.34. The van der Waals surface area contributed by atoms with Crippen molar-refractivity contribution in [2.24, 2.45) is 7.05 Å². The molecule has 1 aromatic rings. The number of nitrogens with zero attached hydrogens (tertiary/aromatic N) is 4. The van der Waals surface area contributed by atoms with E-state index in [1.807, 2.05) is 7.05 Å². The minimum Gasteiger partial charge on any atom is -0.389 e. The van der Waals surface area contributed by atoms with Crippen molar-refractivity contribution in [2.45, 2.75) is 44.8 Å². The van der Waals surface area contributed by atoms with Crippen LogP contribution in [0.5, 0.6) is 0 Å². The van der Waals surface area contributed by atoms with Gasteiger partial charge >= 0.3 is 0 Å². The lowest BCUT2D eigenvalue weighted by Gasteiger charge is -2.39. The van der Waals surface area contributed by atoms with Crippen LogP contribution in [-0.4, -0.2) is 49.5 Å². The van der Waals surface area contributed by atoms with Crippen LogP contribution in [0.3, 0.4) is 0 Å². The normalized spacial score (nSPS) is 21.0. The zero-order valence-corrected chi connectivity index (χ0v) is 10.9. The van der Waals surface area contributed by atoms with Crippen molar-refractivity contribution in [2.75, 3.05) is 13.1 Å². The third-order valence-corrected chi connectivity index (χ3v) is 3.75. The molecule has 0 unspecified atom stereocenters. The van der Waals surface area contributed by atoms with E-state index in [9.17, 15) is 5.11 Å². The van der Waals surface area contributed by atoms with Gasteiger partial charge in [0, 0.05) is 32.6 Å².